The highest BCUT2D eigenvalue weighted by molar-refractivity contribution is 5.79. The fourth-order valence-electron chi connectivity index (χ4n) is 4.38. The van der Waals surface area contributed by atoms with Crippen LogP contribution in [0.1, 0.15) is 39.5 Å². The van der Waals surface area contributed by atoms with Crippen LogP contribution in [0.25, 0.3) is 0 Å². The van der Waals surface area contributed by atoms with Crippen LogP contribution in [0.2, 0.25) is 0 Å². The molecule has 2 saturated heterocycles. The van der Waals surface area contributed by atoms with Gasteiger partial charge in [0.1, 0.15) is 0 Å². The van der Waals surface area contributed by atoms with Crippen molar-refractivity contribution in [1.29, 1.82) is 0 Å². The summed E-state index contributed by atoms with van der Waals surface area (Å²) in [5.74, 6) is 2.13. The highest BCUT2D eigenvalue weighted by Gasteiger charge is 2.31. The Bertz CT molecular complexity index is 435. The number of amides is 1. The first-order valence-corrected chi connectivity index (χ1v) is 9.40. The van der Waals surface area contributed by atoms with Crippen molar-refractivity contribution in [3.63, 3.8) is 0 Å². The molecule has 130 valence electrons. The first-order chi connectivity index (χ1) is 11.1. The van der Waals surface area contributed by atoms with E-state index in [0.29, 0.717) is 19.1 Å². The van der Waals surface area contributed by atoms with Crippen molar-refractivity contribution in [2.75, 3.05) is 45.9 Å². The minimum atomic E-state index is 0.241. The minimum absolute atomic E-state index is 0.241. The summed E-state index contributed by atoms with van der Waals surface area (Å²) in [5, 5.41) is 0. The molecule has 0 bridgehead atoms. The normalized spacial score (nSPS) is 31.0. The van der Waals surface area contributed by atoms with E-state index in [0.717, 1.165) is 50.9 Å². The molecule has 0 N–H and O–H groups in total. The van der Waals surface area contributed by atoms with Gasteiger partial charge in [-0.15, -0.1) is 0 Å². The molecule has 2 fully saturated rings. The second-order valence-corrected chi connectivity index (χ2v) is 7.62. The first kappa shape index (κ1) is 17.0. The fraction of sp³-hybridized carbons (Fsp3) is 0.842. The molecule has 4 heteroatoms. The van der Waals surface area contributed by atoms with Gasteiger partial charge in [0.25, 0.3) is 0 Å². The number of hydrogen-bond acceptors (Lipinski definition) is 3. The van der Waals surface area contributed by atoms with Gasteiger partial charge in [0.2, 0.25) is 5.91 Å². The van der Waals surface area contributed by atoms with E-state index in [9.17, 15) is 4.79 Å². The number of morpholine rings is 1. The lowest BCUT2D eigenvalue weighted by Crippen LogP contribution is -2.47. The number of carbonyl (C=O) groups is 1. The van der Waals surface area contributed by atoms with Gasteiger partial charge in [-0.3, -0.25) is 4.79 Å². The Morgan fingerprint density at radius 1 is 1.17 bits per heavy atom. The van der Waals surface area contributed by atoms with E-state index >= 15 is 0 Å². The third kappa shape index (κ3) is 4.16. The molecule has 2 heterocycles. The van der Waals surface area contributed by atoms with Gasteiger partial charge in [-0.1, -0.05) is 18.6 Å². The molecule has 2 aliphatic heterocycles. The molecule has 1 aliphatic carbocycles. The standard InChI is InChI=1S/C19H32N2O2/c1-15-4-3-5-16(2)18(15)14-20-8-6-17(7-9-20)19(22)21-10-12-23-13-11-21/h4,16-18H,3,5-14H2,1-2H3/t16-,18-/m1/s1. The van der Waals surface area contributed by atoms with Gasteiger partial charge in [0.05, 0.1) is 13.2 Å². The van der Waals surface area contributed by atoms with E-state index in [4.69, 9.17) is 4.74 Å². The Balaban J connectivity index is 1.47. The Kier molecular flexibility index (Phi) is 5.76. The molecule has 0 radical (unpaired) electrons. The summed E-state index contributed by atoms with van der Waals surface area (Å²) in [6, 6.07) is 0. The molecule has 2 atom stereocenters. The van der Waals surface area contributed by atoms with Crippen LogP contribution < -0.4 is 0 Å². The molecule has 0 aromatic carbocycles. The van der Waals surface area contributed by atoms with E-state index in [1.165, 1.54) is 19.4 Å². The highest BCUT2D eigenvalue weighted by atomic mass is 16.5. The number of rotatable bonds is 3. The predicted octanol–water partition coefficient (Wildman–Crippen LogP) is 2.55. The van der Waals surface area contributed by atoms with Crippen LogP contribution in [0.3, 0.4) is 0 Å². The van der Waals surface area contributed by atoms with Crippen molar-refractivity contribution in [3.8, 4) is 0 Å². The number of allylic oxidation sites excluding steroid dienone is 1. The quantitative estimate of drug-likeness (QED) is 0.749. The predicted molar refractivity (Wildman–Crippen MR) is 92.2 cm³/mol. The van der Waals surface area contributed by atoms with Gasteiger partial charge in [-0.25, -0.2) is 0 Å². The van der Waals surface area contributed by atoms with Crippen molar-refractivity contribution in [2.24, 2.45) is 17.8 Å². The van der Waals surface area contributed by atoms with Crippen LogP contribution >= 0.6 is 0 Å². The maximum atomic E-state index is 12.6. The topological polar surface area (TPSA) is 32.8 Å². The third-order valence-electron chi connectivity index (χ3n) is 6.07. The maximum absolute atomic E-state index is 12.6. The Labute approximate surface area is 140 Å². The molecule has 1 amide bonds. The molecule has 0 aromatic rings. The molecule has 4 nitrogen and oxygen atoms in total. The lowest BCUT2D eigenvalue weighted by atomic mass is 9.79. The van der Waals surface area contributed by atoms with Gasteiger partial charge < -0.3 is 14.5 Å². The van der Waals surface area contributed by atoms with Crippen LogP contribution in [0.4, 0.5) is 0 Å². The van der Waals surface area contributed by atoms with E-state index in [-0.39, 0.29) is 5.92 Å². The van der Waals surface area contributed by atoms with Gasteiger partial charge in [0.15, 0.2) is 0 Å². The van der Waals surface area contributed by atoms with Crippen LogP contribution in [0.15, 0.2) is 11.6 Å². The number of ether oxygens (including phenoxy) is 1. The number of nitrogens with zero attached hydrogens (tertiary/aromatic N) is 2. The molecule has 0 spiro atoms. The highest BCUT2D eigenvalue weighted by Crippen LogP contribution is 2.32. The Morgan fingerprint density at radius 2 is 1.87 bits per heavy atom. The molecular weight excluding hydrogens is 288 g/mol. The summed E-state index contributed by atoms with van der Waals surface area (Å²) in [4.78, 5) is 17.2. The second-order valence-electron chi connectivity index (χ2n) is 7.62. The van der Waals surface area contributed by atoms with Gasteiger partial charge in [-0.2, -0.15) is 0 Å². The zero-order valence-corrected chi connectivity index (χ0v) is 14.8. The SMILES string of the molecule is CC1=CCC[C@@H](C)[C@@H]1CN1CCC(C(=O)N2CCOCC2)CC1. The average molecular weight is 320 g/mol. The summed E-state index contributed by atoms with van der Waals surface area (Å²) in [6.07, 6.45) is 7.06. The second kappa shape index (κ2) is 7.80. The van der Waals surface area contributed by atoms with E-state index < -0.39 is 0 Å². The smallest absolute Gasteiger partial charge is 0.225 e. The van der Waals surface area contributed by atoms with Crippen LogP contribution in [-0.2, 0) is 9.53 Å². The fourth-order valence-corrected chi connectivity index (χ4v) is 4.38. The van der Waals surface area contributed by atoms with Crippen molar-refractivity contribution >= 4 is 5.91 Å². The molecule has 0 saturated carbocycles. The van der Waals surface area contributed by atoms with Crippen molar-refractivity contribution in [2.45, 2.75) is 39.5 Å². The van der Waals surface area contributed by atoms with E-state index in [2.05, 4.69) is 24.8 Å². The Morgan fingerprint density at radius 3 is 2.52 bits per heavy atom. The number of hydrogen-bond donors (Lipinski definition) is 0. The van der Waals surface area contributed by atoms with Crippen molar-refractivity contribution in [3.05, 3.63) is 11.6 Å². The van der Waals surface area contributed by atoms with Crippen LogP contribution in [-0.4, -0.2) is 61.6 Å². The Hall–Kier alpha value is -0.870. The molecule has 0 aromatic heterocycles. The van der Waals surface area contributed by atoms with Gasteiger partial charge in [-0.05, 0) is 57.5 Å². The largest absolute Gasteiger partial charge is 0.378 e. The first-order valence-electron chi connectivity index (χ1n) is 9.40. The van der Waals surface area contributed by atoms with Gasteiger partial charge in [0, 0.05) is 25.6 Å². The summed E-state index contributed by atoms with van der Waals surface area (Å²) < 4.78 is 5.35. The van der Waals surface area contributed by atoms with Crippen LogP contribution in [0.5, 0.6) is 0 Å². The summed E-state index contributed by atoms with van der Waals surface area (Å²) >= 11 is 0. The average Bonchev–Trinajstić information content (AvgIpc) is 2.59. The molecule has 3 aliphatic rings. The lowest BCUT2D eigenvalue weighted by Gasteiger charge is -2.38. The number of likely N-dealkylation sites (tertiary alicyclic amines) is 1. The monoisotopic (exact) mass is 320 g/mol. The van der Waals surface area contributed by atoms with Crippen LogP contribution in [0, 0.1) is 17.8 Å². The lowest BCUT2D eigenvalue weighted by molar-refractivity contribution is -0.141. The zero-order valence-electron chi connectivity index (χ0n) is 14.8. The molecular formula is C19H32N2O2. The summed E-state index contributed by atoms with van der Waals surface area (Å²) in [7, 11) is 0. The number of piperidine rings is 1. The zero-order chi connectivity index (χ0) is 16.2. The third-order valence-corrected chi connectivity index (χ3v) is 6.07. The number of carbonyl (C=O) groups excluding carboxylic acids is 1. The van der Waals surface area contributed by atoms with Crippen molar-refractivity contribution in [1.82, 2.24) is 9.80 Å². The molecule has 23 heavy (non-hydrogen) atoms. The molecule has 0 unspecified atom stereocenters. The minimum Gasteiger partial charge on any atom is -0.378 e. The van der Waals surface area contributed by atoms with E-state index in [1.54, 1.807) is 5.57 Å². The maximum Gasteiger partial charge on any atom is 0.225 e. The van der Waals surface area contributed by atoms with E-state index in [1.807, 2.05) is 4.90 Å². The summed E-state index contributed by atoms with van der Waals surface area (Å²) in [5.41, 5.74) is 1.58. The summed E-state index contributed by atoms with van der Waals surface area (Å²) in [6.45, 7) is 11.0. The van der Waals surface area contributed by atoms with Crippen molar-refractivity contribution < 1.29 is 9.53 Å². The molecule has 3 rings (SSSR count). The van der Waals surface area contributed by atoms with Gasteiger partial charge >= 0.3 is 0 Å².